The van der Waals surface area contributed by atoms with E-state index < -0.39 is 35.4 Å². The number of amides is 5. The van der Waals surface area contributed by atoms with E-state index in [9.17, 15) is 24.0 Å². The Morgan fingerprint density at radius 1 is 0.973 bits per heavy atom. The summed E-state index contributed by atoms with van der Waals surface area (Å²) in [6.07, 6.45) is 4.61. The highest BCUT2D eigenvalue weighted by Gasteiger charge is 2.39. The summed E-state index contributed by atoms with van der Waals surface area (Å²) in [5, 5.41) is 5.63. The van der Waals surface area contributed by atoms with Gasteiger partial charge in [0, 0.05) is 108 Å². The van der Waals surface area contributed by atoms with E-state index in [2.05, 4.69) is 84.0 Å². The first-order chi connectivity index (χ1) is 33.4. The van der Waals surface area contributed by atoms with E-state index in [0.29, 0.717) is 71.6 Å². The quantitative estimate of drug-likeness (QED) is 0.118. The molecule has 3 aliphatic rings. The molecular weight excluding hydrogens is 1010 g/mol. The first kappa shape index (κ1) is 63.6. The third kappa shape index (κ3) is 14.4. The van der Waals surface area contributed by atoms with Crippen molar-refractivity contribution in [2.45, 2.75) is 98.0 Å². The summed E-state index contributed by atoms with van der Waals surface area (Å²) in [5.74, 6) is -1.71. The van der Waals surface area contributed by atoms with Crippen LogP contribution in [0, 0.1) is 11.3 Å². The monoisotopic (exact) mass is 1100 g/mol. The predicted molar refractivity (Wildman–Crippen MR) is 313 cm³/mol. The van der Waals surface area contributed by atoms with Gasteiger partial charge in [-0.3, -0.25) is 34.1 Å². The number of carbonyl (C=O) groups excluding carboxylic acids is 5. The third-order valence-corrected chi connectivity index (χ3v) is 14.2. The number of hydrogen-bond donors (Lipinski definition) is 2. The molecule has 0 saturated carbocycles. The summed E-state index contributed by atoms with van der Waals surface area (Å²) >= 11 is 0. The number of piperazine rings is 1. The van der Waals surface area contributed by atoms with Gasteiger partial charge in [0.25, 0.3) is 5.91 Å². The second-order valence-corrected chi connectivity index (χ2v) is 20.2. The molecule has 408 valence electrons. The van der Waals surface area contributed by atoms with Crippen molar-refractivity contribution in [1.82, 2.24) is 44.9 Å². The lowest BCUT2D eigenvalue weighted by atomic mass is 9.84. The number of urea groups is 1. The number of cyclic esters (lactones) is 1. The van der Waals surface area contributed by atoms with Crippen molar-refractivity contribution >= 4 is 94.6 Å². The highest BCUT2D eigenvalue weighted by Crippen LogP contribution is 2.42. The van der Waals surface area contributed by atoms with Gasteiger partial charge in [0.1, 0.15) is 18.1 Å². The molecule has 20 heteroatoms. The number of esters is 1. The lowest BCUT2D eigenvalue weighted by molar-refractivity contribution is -0.155. The molecular formula is C54H81N9O7S4. The molecule has 0 radical (unpaired) electrons. The normalized spacial score (nSPS) is 18.7. The number of ether oxygens (including phenoxy) is 2. The molecule has 16 nitrogen and oxygen atoms in total. The van der Waals surface area contributed by atoms with Gasteiger partial charge in [-0.05, 0) is 91.6 Å². The molecule has 6 bridgehead atoms. The summed E-state index contributed by atoms with van der Waals surface area (Å²) < 4.78 is 14.3. The van der Waals surface area contributed by atoms with Crippen molar-refractivity contribution in [3.05, 3.63) is 90.3 Å². The van der Waals surface area contributed by atoms with Crippen molar-refractivity contribution < 1.29 is 33.4 Å². The van der Waals surface area contributed by atoms with Gasteiger partial charge in [0.05, 0.1) is 24.1 Å². The van der Waals surface area contributed by atoms with Gasteiger partial charge in [-0.2, -0.15) is 54.0 Å². The maximum Gasteiger partial charge on any atom is 0.324 e. The number of fused-ring (bicyclic) bond motifs is 6. The number of benzene rings is 2. The Hall–Kier alpha value is -4.70. The molecule has 2 fully saturated rings. The Balaban J connectivity index is 0.00000361. The average Bonchev–Trinajstić information content (AvgIpc) is 3.67. The number of likely N-dealkylation sites (N-methyl/N-ethyl adjacent to an activating group) is 2. The van der Waals surface area contributed by atoms with Gasteiger partial charge in [-0.1, -0.05) is 64.6 Å². The molecule has 0 spiro atoms. The fraction of sp³-hybridized carbons (Fsp3) is 0.519. The number of hydrazine groups is 1. The number of pyridine rings is 1. The van der Waals surface area contributed by atoms with E-state index in [1.54, 1.807) is 37.2 Å². The topological polar surface area (TPSA) is 162 Å². The van der Waals surface area contributed by atoms with Gasteiger partial charge in [-0.25, -0.2) is 10.2 Å². The number of aromatic nitrogens is 2. The molecule has 7 rings (SSSR count). The Morgan fingerprint density at radius 2 is 1.68 bits per heavy atom. The highest BCUT2D eigenvalue weighted by molar-refractivity contribution is 7.59. The van der Waals surface area contributed by atoms with E-state index in [-0.39, 0.29) is 96.9 Å². The van der Waals surface area contributed by atoms with Crippen LogP contribution in [0.25, 0.3) is 33.3 Å². The van der Waals surface area contributed by atoms with Crippen molar-refractivity contribution in [2.24, 2.45) is 11.3 Å². The minimum absolute atomic E-state index is 0. The fourth-order valence-electron chi connectivity index (χ4n) is 10.2. The number of rotatable bonds is 12. The minimum atomic E-state index is -1.04. The Kier molecular flexibility index (Phi) is 24.0. The van der Waals surface area contributed by atoms with E-state index in [1.807, 2.05) is 39.0 Å². The predicted octanol–water partition coefficient (Wildman–Crippen LogP) is 6.54. The zero-order chi connectivity index (χ0) is 50.4. The van der Waals surface area contributed by atoms with Crippen LogP contribution >= 0.6 is 54.0 Å². The second-order valence-electron chi connectivity index (χ2n) is 20.2. The number of aryl methyl sites for hydroxylation is 1. The molecule has 0 aliphatic carbocycles. The lowest BCUT2D eigenvalue weighted by Crippen LogP contribution is -2.63. The van der Waals surface area contributed by atoms with Gasteiger partial charge < -0.3 is 34.1 Å². The zero-order valence-corrected chi connectivity index (χ0v) is 48.6. The lowest BCUT2D eigenvalue weighted by Gasteiger charge is -2.40. The van der Waals surface area contributed by atoms with E-state index in [0.717, 1.165) is 50.1 Å². The molecule has 2 aromatic carbocycles. The summed E-state index contributed by atoms with van der Waals surface area (Å²) in [7, 11) is 5.07. The second kappa shape index (κ2) is 27.9. The highest BCUT2D eigenvalue weighted by atomic mass is 32.1. The summed E-state index contributed by atoms with van der Waals surface area (Å²) in [5.41, 5.74) is 10.5. The molecule has 74 heavy (non-hydrogen) atoms. The van der Waals surface area contributed by atoms with Crippen LogP contribution in [0.15, 0.2) is 73.4 Å². The Labute approximate surface area is 466 Å². The minimum Gasteiger partial charge on any atom is -0.464 e. The molecule has 4 atom stereocenters. The SMILES string of the molecule is C=CC(=O)N(C)CCN1CCN(C(=O)N(C)[C@H](C(=O)N[C@H]2Cc3cccc(c3)-c3ccc4c(c3)c(c(-c3cccnc3[C@H](C)OC)n4CC)CC(C)(C)COC(=O)[C@@H]3CCCN(N3)C2=O)C(C)C)CC1.S.S.S.S. The molecule has 4 aromatic rings. The molecule has 5 amide bonds. The average molecular weight is 1100 g/mol. The summed E-state index contributed by atoms with van der Waals surface area (Å²) in [6, 6.07) is 15.7. The molecule has 0 unspecified atom stereocenters. The fourth-order valence-corrected chi connectivity index (χ4v) is 10.2. The Morgan fingerprint density at radius 3 is 2.34 bits per heavy atom. The van der Waals surface area contributed by atoms with E-state index in [1.165, 1.54) is 16.0 Å². The van der Waals surface area contributed by atoms with E-state index >= 15 is 0 Å². The van der Waals surface area contributed by atoms with Crippen molar-refractivity contribution in [1.29, 1.82) is 0 Å². The molecule has 2 N–H and O–H groups in total. The standard InChI is InChI=1S/C54H73N9O7.4H2S/c1-11-46(64)58(8)24-25-60-26-28-61(29-27-60)53(68)59(9)48(35(3)4)50(65)56-44-31-37-16-13-17-38(30-37)39-20-21-45-41(32-39)42(49(62(45)12-2)40-18-14-22-55-47(40)36(5)69-10)33-54(6,7)34-70-52(67)43-19-15-23-63(57-43)51(44)66;;;;/h11,13-14,16-18,20-22,30,32,35-36,43-44,48,57H,1,12,15,19,23-29,31,33-34H2,2-10H3,(H,56,65);4*1H2/t36-,43-,44-,48-;;;;/m0..../s1. The number of nitrogens with one attached hydrogen (secondary N) is 2. The third-order valence-electron chi connectivity index (χ3n) is 14.2. The smallest absolute Gasteiger partial charge is 0.324 e. The van der Waals surface area contributed by atoms with Crippen LogP contribution in [-0.2, 0) is 48.0 Å². The largest absolute Gasteiger partial charge is 0.464 e. The van der Waals surface area contributed by atoms with Crippen LogP contribution in [0.3, 0.4) is 0 Å². The molecule has 5 heterocycles. The molecule has 2 aromatic heterocycles. The van der Waals surface area contributed by atoms with E-state index in [4.69, 9.17) is 14.5 Å². The van der Waals surface area contributed by atoms with Gasteiger partial charge >= 0.3 is 12.0 Å². The van der Waals surface area contributed by atoms with Crippen LogP contribution in [-0.4, -0.2) is 156 Å². The van der Waals surface area contributed by atoms with Crippen LogP contribution in [0.4, 0.5) is 4.79 Å². The van der Waals surface area contributed by atoms with Crippen molar-refractivity contribution in [2.75, 3.05) is 73.6 Å². The van der Waals surface area contributed by atoms with Gasteiger partial charge in [0.2, 0.25) is 11.8 Å². The number of hydrogen-bond acceptors (Lipinski definition) is 10. The van der Waals surface area contributed by atoms with Crippen molar-refractivity contribution in [3.63, 3.8) is 0 Å². The van der Waals surface area contributed by atoms with Crippen molar-refractivity contribution in [3.8, 4) is 22.4 Å². The first-order valence-electron chi connectivity index (χ1n) is 24.8. The summed E-state index contributed by atoms with van der Waals surface area (Å²) in [6.45, 7) is 20.3. The van der Waals surface area contributed by atoms with Gasteiger partial charge in [-0.15, -0.1) is 0 Å². The maximum absolute atomic E-state index is 14.8. The number of carbonyl (C=O) groups is 5. The van der Waals surface area contributed by atoms with Crippen LogP contribution in [0.1, 0.15) is 77.3 Å². The Bertz CT molecular complexity index is 2590. The summed E-state index contributed by atoms with van der Waals surface area (Å²) in [4.78, 5) is 81.3. The first-order valence-corrected chi connectivity index (χ1v) is 24.8. The van der Waals surface area contributed by atoms with Gasteiger partial charge in [0.15, 0.2) is 0 Å². The number of methoxy groups -OCH3 is 1. The van der Waals surface area contributed by atoms with Crippen LogP contribution < -0.4 is 10.7 Å². The van der Waals surface area contributed by atoms with Crippen LogP contribution in [0.2, 0.25) is 0 Å². The molecule has 2 saturated heterocycles. The van der Waals surface area contributed by atoms with Crippen LogP contribution in [0.5, 0.6) is 0 Å². The number of nitrogens with zero attached hydrogens (tertiary/aromatic N) is 7. The zero-order valence-electron chi connectivity index (χ0n) is 44.6. The maximum atomic E-state index is 14.8. The molecule has 3 aliphatic heterocycles.